The summed E-state index contributed by atoms with van der Waals surface area (Å²) in [6.45, 7) is 2.07. The Bertz CT molecular complexity index is 389. The van der Waals surface area contributed by atoms with Crippen molar-refractivity contribution in [2.24, 2.45) is 0 Å². The number of rotatable bonds is 9. The van der Waals surface area contributed by atoms with Gasteiger partial charge in [0, 0.05) is 17.8 Å². The van der Waals surface area contributed by atoms with Gasteiger partial charge >= 0.3 is 5.97 Å². The van der Waals surface area contributed by atoms with E-state index in [1.807, 2.05) is 0 Å². The van der Waals surface area contributed by atoms with Crippen molar-refractivity contribution in [2.75, 3.05) is 13.1 Å². The molecule has 1 heterocycles. The third kappa shape index (κ3) is 6.38. The number of likely N-dealkylation sites (N-methyl/N-ethyl adjacent to an activating group) is 1. The van der Waals surface area contributed by atoms with E-state index < -0.39 is 5.97 Å². The Labute approximate surface area is 118 Å². The highest BCUT2D eigenvalue weighted by Crippen LogP contribution is 2.13. The number of carbonyl (C=O) groups is 2. The molecule has 19 heavy (non-hydrogen) atoms. The quantitative estimate of drug-likeness (QED) is 0.709. The Balaban J connectivity index is 2.13. The van der Waals surface area contributed by atoms with Crippen molar-refractivity contribution in [1.29, 1.82) is 0 Å². The summed E-state index contributed by atoms with van der Waals surface area (Å²) in [5, 5.41) is 10.8. The number of carboxylic acids is 1. The number of hydrogen-bond donors (Lipinski definition) is 1. The minimum Gasteiger partial charge on any atom is -0.480 e. The van der Waals surface area contributed by atoms with E-state index in [0.717, 1.165) is 25.7 Å². The number of aryl methyl sites for hydroxylation is 1. The van der Waals surface area contributed by atoms with Gasteiger partial charge in [-0.15, -0.1) is 11.3 Å². The fourth-order valence-electron chi connectivity index (χ4n) is 1.90. The van der Waals surface area contributed by atoms with Gasteiger partial charge in [0.05, 0.1) is 0 Å². The molecule has 0 spiro atoms. The van der Waals surface area contributed by atoms with Crippen LogP contribution in [0.25, 0.3) is 0 Å². The van der Waals surface area contributed by atoms with Crippen LogP contribution in [-0.2, 0) is 16.0 Å². The van der Waals surface area contributed by atoms with Gasteiger partial charge in [-0.1, -0.05) is 12.5 Å². The zero-order valence-electron chi connectivity index (χ0n) is 11.3. The maximum absolute atomic E-state index is 11.8. The first kappa shape index (κ1) is 15.7. The number of nitrogens with zero attached hydrogens (tertiary/aromatic N) is 1. The number of thiophene rings is 1. The van der Waals surface area contributed by atoms with Crippen LogP contribution in [0.3, 0.4) is 0 Å². The van der Waals surface area contributed by atoms with E-state index in [9.17, 15) is 9.59 Å². The first-order chi connectivity index (χ1) is 9.13. The number of unbranched alkanes of at least 4 members (excludes halogenated alkanes) is 2. The lowest BCUT2D eigenvalue weighted by atomic mass is 10.1. The molecule has 1 amide bonds. The van der Waals surface area contributed by atoms with Gasteiger partial charge < -0.3 is 10.0 Å². The molecular formula is C14H21NO3S. The lowest BCUT2D eigenvalue weighted by molar-refractivity contribution is -0.144. The van der Waals surface area contributed by atoms with Crippen LogP contribution in [0, 0.1) is 0 Å². The smallest absolute Gasteiger partial charge is 0.323 e. The predicted molar refractivity (Wildman–Crippen MR) is 76.4 cm³/mol. The van der Waals surface area contributed by atoms with Gasteiger partial charge in [-0.05, 0) is 37.6 Å². The summed E-state index contributed by atoms with van der Waals surface area (Å²) in [4.78, 5) is 25.1. The van der Waals surface area contributed by atoms with E-state index in [2.05, 4.69) is 17.5 Å². The van der Waals surface area contributed by atoms with Crippen molar-refractivity contribution in [3.8, 4) is 0 Å². The normalized spacial score (nSPS) is 10.4. The van der Waals surface area contributed by atoms with Crippen LogP contribution in [0.2, 0.25) is 0 Å². The second-order valence-electron chi connectivity index (χ2n) is 4.44. The lowest BCUT2D eigenvalue weighted by Crippen LogP contribution is -2.35. The SMILES string of the molecule is CCN(CC(=O)O)C(=O)CCCCCc1cccs1. The summed E-state index contributed by atoms with van der Waals surface area (Å²) in [6, 6.07) is 4.18. The first-order valence-electron chi connectivity index (χ1n) is 6.65. The summed E-state index contributed by atoms with van der Waals surface area (Å²) in [5.74, 6) is -1.01. The maximum atomic E-state index is 11.8. The molecule has 0 aliphatic rings. The first-order valence-corrected chi connectivity index (χ1v) is 7.53. The van der Waals surface area contributed by atoms with Gasteiger partial charge in [0.15, 0.2) is 0 Å². The number of carboxylic acid groups (broad SMARTS) is 1. The van der Waals surface area contributed by atoms with E-state index in [1.165, 1.54) is 9.78 Å². The zero-order valence-corrected chi connectivity index (χ0v) is 12.1. The highest BCUT2D eigenvalue weighted by molar-refractivity contribution is 7.09. The Hall–Kier alpha value is -1.36. The van der Waals surface area contributed by atoms with Crippen LogP contribution in [-0.4, -0.2) is 35.0 Å². The summed E-state index contributed by atoms with van der Waals surface area (Å²) >= 11 is 1.76. The third-order valence-electron chi connectivity index (χ3n) is 2.95. The van der Waals surface area contributed by atoms with Gasteiger partial charge in [-0.2, -0.15) is 0 Å². The molecule has 0 aliphatic carbocycles. The Kier molecular flexibility index (Phi) is 7.18. The molecule has 106 valence electrons. The highest BCUT2D eigenvalue weighted by Gasteiger charge is 2.13. The summed E-state index contributed by atoms with van der Waals surface area (Å²) in [6.07, 6.45) is 4.44. The average molecular weight is 283 g/mol. The topological polar surface area (TPSA) is 57.6 Å². The molecule has 0 fully saturated rings. The fraction of sp³-hybridized carbons (Fsp3) is 0.571. The largest absolute Gasteiger partial charge is 0.480 e. The fourth-order valence-corrected chi connectivity index (χ4v) is 2.66. The van der Waals surface area contributed by atoms with Crippen molar-refractivity contribution in [3.63, 3.8) is 0 Å². The molecule has 1 rings (SSSR count). The third-order valence-corrected chi connectivity index (χ3v) is 3.89. The molecule has 0 radical (unpaired) electrons. The molecule has 1 aromatic heterocycles. The molecule has 0 bridgehead atoms. The van der Waals surface area contributed by atoms with Crippen molar-refractivity contribution < 1.29 is 14.7 Å². The summed E-state index contributed by atoms with van der Waals surface area (Å²) in [7, 11) is 0. The van der Waals surface area contributed by atoms with Crippen molar-refractivity contribution in [1.82, 2.24) is 4.90 Å². The second-order valence-corrected chi connectivity index (χ2v) is 5.47. The van der Waals surface area contributed by atoms with Crippen molar-refractivity contribution >= 4 is 23.2 Å². The number of amides is 1. The molecule has 4 nitrogen and oxygen atoms in total. The van der Waals surface area contributed by atoms with Gasteiger partial charge in [-0.3, -0.25) is 9.59 Å². The van der Waals surface area contributed by atoms with E-state index in [-0.39, 0.29) is 12.5 Å². The van der Waals surface area contributed by atoms with Crippen molar-refractivity contribution in [2.45, 2.75) is 39.0 Å². The van der Waals surface area contributed by atoms with E-state index >= 15 is 0 Å². The average Bonchev–Trinajstić information content (AvgIpc) is 2.88. The van der Waals surface area contributed by atoms with Crippen LogP contribution in [0.5, 0.6) is 0 Å². The molecule has 0 saturated heterocycles. The van der Waals surface area contributed by atoms with Crippen LogP contribution in [0.4, 0.5) is 0 Å². The zero-order chi connectivity index (χ0) is 14.1. The Morgan fingerprint density at radius 2 is 2.11 bits per heavy atom. The number of aliphatic carboxylic acids is 1. The van der Waals surface area contributed by atoms with Gasteiger partial charge in [0.25, 0.3) is 0 Å². The van der Waals surface area contributed by atoms with Crippen molar-refractivity contribution in [3.05, 3.63) is 22.4 Å². The molecule has 0 saturated carbocycles. The summed E-state index contributed by atoms with van der Waals surface area (Å²) in [5.41, 5.74) is 0. The Morgan fingerprint density at radius 3 is 2.68 bits per heavy atom. The van der Waals surface area contributed by atoms with E-state index in [1.54, 1.807) is 18.3 Å². The van der Waals surface area contributed by atoms with Gasteiger partial charge in [-0.25, -0.2) is 0 Å². The molecular weight excluding hydrogens is 262 g/mol. The molecule has 0 aliphatic heterocycles. The lowest BCUT2D eigenvalue weighted by Gasteiger charge is -2.18. The van der Waals surface area contributed by atoms with Crippen LogP contribution >= 0.6 is 11.3 Å². The predicted octanol–water partition coefficient (Wildman–Crippen LogP) is 2.78. The van der Waals surface area contributed by atoms with Crippen LogP contribution in [0.15, 0.2) is 17.5 Å². The molecule has 1 aromatic rings. The van der Waals surface area contributed by atoms with Crippen LogP contribution in [0.1, 0.15) is 37.5 Å². The Morgan fingerprint density at radius 1 is 1.32 bits per heavy atom. The van der Waals surface area contributed by atoms with Gasteiger partial charge in [0.1, 0.15) is 6.54 Å². The van der Waals surface area contributed by atoms with Gasteiger partial charge in [0.2, 0.25) is 5.91 Å². The monoisotopic (exact) mass is 283 g/mol. The minimum absolute atomic E-state index is 0.0546. The number of hydrogen-bond acceptors (Lipinski definition) is 3. The van der Waals surface area contributed by atoms with E-state index in [0.29, 0.717) is 13.0 Å². The second kappa shape index (κ2) is 8.69. The molecule has 5 heteroatoms. The molecule has 0 atom stereocenters. The molecule has 0 aromatic carbocycles. The highest BCUT2D eigenvalue weighted by atomic mass is 32.1. The van der Waals surface area contributed by atoms with Crippen LogP contribution < -0.4 is 0 Å². The summed E-state index contributed by atoms with van der Waals surface area (Å²) < 4.78 is 0. The molecule has 0 unspecified atom stereocenters. The standard InChI is InChI=1S/C14H21NO3S/c1-2-15(11-14(17)18)13(16)9-5-3-4-7-12-8-6-10-19-12/h6,8,10H,2-5,7,9,11H2,1H3,(H,17,18). The van der Waals surface area contributed by atoms with E-state index in [4.69, 9.17) is 5.11 Å². The maximum Gasteiger partial charge on any atom is 0.323 e. The number of carbonyl (C=O) groups excluding carboxylic acids is 1. The minimum atomic E-state index is -0.951. The molecule has 1 N–H and O–H groups in total.